The molecule has 0 bridgehead atoms. The molecule has 1 unspecified atom stereocenters. The van der Waals surface area contributed by atoms with E-state index in [-0.39, 0.29) is 0 Å². The van der Waals surface area contributed by atoms with Gasteiger partial charge in [-0.2, -0.15) is 0 Å². The van der Waals surface area contributed by atoms with Gasteiger partial charge in [-0.15, -0.1) is 0 Å². The first-order valence-electron chi connectivity index (χ1n) is 10.2. The van der Waals surface area contributed by atoms with Crippen LogP contribution < -0.4 is 4.90 Å². The van der Waals surface area contributed by atoms with Gasteiger partial charge in [0.15, 0.2) is 5.82 Å². The molecule has 1 atom stereocenters. The number of benzene rings is 2. The monoisotopic (exact) mass is 479 g/mol. The Kier molecular flexibility index (Phi) is 5.11. The van der Waals surface area contributed by atoms with Crippen LogP contribution in [0, 0.1) is 6.92 Å². The highest BCUT2D eigenvalue weighted by Gasteiger charge is 2.32. The number of H-pyrrole nitrogens is 1. The third-order valence-corrected chi connectivity index (χ3v) is 6.40. The van der Waals surface area contributed by atoms with Gasteiger partial charge in [0.05, 0.1) is 16.7 Å². The van der Waals surface area contributed by atoms with E-state index >= 15 is 0 Å². The molecule has 0 spiro atoms. The lowest BCUT2D eigenvalue weighted by atomic mass is 10.0. The minimum atomic E-state index is -0.837. The lowest BCUT2D eigenvalue weighted by Crippen LogP contribution is -2.49. The Hall–Kier alpha value is -2.97. The van der Waals surface area contributed by atoms with Crippen molar-refractivity contribution in [2.24, 2.45) is 0 Å². The van der Waals surface area contributed by atoms with Gasteiger partial charge in [0, 0.05) is 53.3 Å². The SMILES string of the molecule is Cc1nc2ccccc2nc1N1CCN(C(C(=O)O)c2c[nH]c3ccc(Br)cc23)CC1. The van der Waals surface area contributed by atoms with Crippen molar-refractivity contribution in [3.8, 4) is 0 Å². The summed E-state index contributed by atoms with van der Waals surface area (Å²) in [6.07, 6.45) is 1.82. The van der Waals surface area contributed by atoms with Gasteiger partial charge < -0.3 is 15.0 Å². The first kappa shape index (κ1) is 20.0. The Morgan fingerprint density at radius 2 is 1.81 bits per heavy atom. The summed E-state index contributed by atoms with van der Waals surface area (Å²) in [6, 6.07) is 13.0. The smallest absolute Gasteiger partial charge is 0.325 e. The highest BCUT2D eigenvalue weighted by Crippen LogP contribution is 2.32. The Balaban J connectivity index is 1.40. The predicted octanol–water partition coefficient (Wildman–Crippen LogP) is 4.13. The Labute approximate surface area is 187 Å². The van der Waals surface area contributed by atoms with Crippen molar-refractivity contribution < 1.29 is 9.90 Å². The van der Waals surface area contributed by atoms with Gasteiger partial charge in [-0.1, -0.05) is 28.1 Å². The lowest BCUT2D eigenvalue weighted by molar-refractivity contribution is -0.143. The number of piperazine rings is 1. The van der Waals surface area contributed by atoms with Crippen LogP contribution in [0.1, 0.15) is 17.3 Å². The zero-order chi connectivity index (χ0) is 21.5. The molecule has 7 nitrogen and oxygen atoms in total. The molecule has 5 rings (SSSR count). The molecule has 4 aromatic rings. The molecule has 8 heteroatoms. The third kappa shape index (κ3) is 3.66. The number of aliphatic carboxylic acids is 1. The van der Waals surface area contributed by atoms with Crippen LogP contribution in [0.2, 0.25) is 0 Å². The number of aryl methyl sites for hydroxylation is 1. The quantitative estimate of drug-likeness (QED) is 0.457. The molecule has 0 radical (unpaired) electrons. The third-order valence-electron chi connectivity index (χ3n) is 5.90. The number of carbonyl (C=O) groups is 1. The Morgan fingerprint density at radius 1 is 1.10 bits per heavy atom. The fourth-order valence-electron chi connectivity index (χ4n) is 4.40. The van der Waals surface area contributed by atoms with Crippen LogP contribution in [0.15, 0.2) is 53.1 Å². The molecule has 1 aliphatic rings. The van der Waals surface area contributed by atoms with Gasteiger partial charge in [0.2, 0.25) is 0 Å². The topological polar surface area (TPSA) is 85.3 Å². The predicted molar refractivity (Wildman–Crippen MR) is 124 cm³/mol. The normalized spacial score (nSPS) is 16.1. The summed E-state index contributed by atoms with van der Waals surface area (Å²) in [5, 5.41) is 11.0. The molecule has 1 fully saturated rings. The Morgan fingerprint density at radius 3 is 2.52 bits per heavy atom. The maximum Gasteiger partial charge on any atom is 0.325 e. The van der Waals surface area contributed by atoms with Crippen LogP contribution in [0.4, 0.5) is 5.82 Å². The summed E-state index contributed by atoms with van der Waals surface area (Å²) in [5.74, 6) is 0.0391. The van der Waals surface area contributed by atoms with E-state index in [1.807, 2.05) is 60.5 Å². The number of para-hydroxylation sites is 2. The number of aromatic nitrogens is 3. The van der Waals surface area contributed by atoms with Crippen LogP contribution in [0.5, 0.6) is 0 Å². The van der Waals surface area contributed by atoms with E-state index in [9.17, 15) is 9.90 Å². The first-order chi connectivity index (χ1) is 15.0. The number of hydrogen-bond acceptors (Lipinski definition) is 5. The average Bonchev–Trinajstić information content (AvgIpc) is 3.16. The van der Waals surface area contributed by atoms with Crippen molar-refractivity contribution in [1.29, 1.82) is 0 Å². The fourth-order valence-corrected chi connectivity index (χ4v) is 4.76. The number of carboxylic acids is 1. The zero-order valence-electron chi connectivity index (χ0n) is 17.0. The second kappa shape index (κ2) is 7.94. The van der Waals surface area contributed by atoms with Gasteiger partial charge in [0.1, 0.15) is 6.04 Å². The molecule has 3 heterocycles. The van der Waals surface area contributed by atoms with E-state index in [4.69, 9.17) is 9.97 Å². The van der Waals surface area contributed by atoms with Crippen molar-refractivity contribution in [2.75, 3.05) is 31.1 Å². The summed E-state index contributed by atoms with van der Waals surface area (Å²) in [5.41, 5.74) is 4.38. The van der Waals surface area contributed by atoms with E-state index in [1.54, 1.807) is 0 Å². The number of aromatic amines is 1. The summed E-state index contributed by atoms with van der Waals surface area (Å²) in [6.45, 7) is 4.63. The Bertz CT molecular complexity index is 1280. The van der Waals surface area contributed by atoms with Crippen LogP contribution >= 0.6 is 15.9 Å². The standard InChI is InChI=1S/C23H22BrN5O2/c1-14-22(27-20-5-3-2-4-19(20)26-14)29-10-8-28(9-11-29)21(23(30)31)17-13-25-18-7-6-15(24)12-16(17)18/h2-7,12-13,21,25H,8-11H2,1H3,(H,30,31). The molecule has 0 amide bonds. The molecule has 1 saturated heterocycles. The van der Waals surface area contributed by atoms with E-state index in [0.717, 1.165) is 43.5 Å². The number of carboxylic acid groups (broad SMARTS) is 1. The summed E-state index contributed by atoms with van der Waals surface area (Å²) in [4.78, 5) is 29.2. The van der Waals surface area contributed by atoms with E-state index in [0.29, 0.717) is 26.2 Å². The van der Waals surface area contributed by atoms with Crippen molar-refractivity contribution in [2.45, 2.75) is 13.0 Å². The van der Waals surface area contributed by atoms with Crippen molar-refractivity contribution in [3.05, 3.63) is 64.4 Å². The number of halogens is 1. The average molecular weight is 480 g/mol. The number of rotatable bonds is 4. The largest absolute Gasteiger partial charge is 0.480 e. The van der Waals surface area contributed by atoms with Crippen molar-refractivity contribution >= 4 is 49.7 Å². The van der Waals surface area contributed by atoms with Gasteiger partial charge in [-0.3, -0.25) is 9.69 Å². The molecule has 0 saturated carbocycles. The maximum atomic E-state index is 12.3. The molecular weight excluding hydrogens is 458 g/mol. The minimum Gasteiger partial charge on any atom is -0.480 e. The van der Waals surface area contributed by atoms with Crippen molar-refractivity contribution in [3.63, 3.8) is 0 Å². The van der Waals surface area contributed by atoms with E-state index in [1.165, 1.54) is 0 Å². The summed E-state index contributed by atoms with van der Waals surface area (Å²) >= 11 is 3.50. The molecule has 2 aromatic heterocycles. The molecule has 2 aromatic carbocycles. The van der Waals surface area contributed by atoms with Gasteiger partial charge in [-0.05, 0) is 37.3 Å². The molecule has 158 valence electrons. The molecule has 31 heavy (non-hydrogen) atoms. The van der Waals surface area contributed by atoms with Crippen molar-refractivity contribution in [1.82, 2.24) is 19.9 Å². The zero-order valence-corrected chi connectivity index (χ0v) is 18.6. The highest BCUT2D eigenvalue weighted by molar-refractivity contribution is 9.10. The van der Waals surface area contributed by atoms with E-state index < -0.39 is 12.0 Å². The maximum absolute atomic E-state index is 12.3. The molecule has 1 aliphatic heterocycles. The second-order valence-corrected chi connectivity index (χ2v) is 8.73. The van der Waals surface area contributed by atoms with Gasteiger partial charge >= 0.3 is 5.97 Å². The van der Waals surface area contributed by atoms with Gasteiger partial charge in [0.25, 0.3) is 0 Å². The number of nitrogens with zero attached hydrogens (tertiary/aromatic N) is 4. The number of hydrogen-bond donors (Lipinski definition) is 2. The van der Waals surface area contributed by atoms with Crippen LogP contribution in [-0.2, 0) is 4.79 Å². The molecule has 0 aliphatic carbocycles. The van der Waals surface area contributed by atoms with Crippen LogP contribution in [-0.4, -0.2) is 57.1 Å². The van der Waals surface area contributed by atoms with Crippen LogP contribution in [0.25, 0.3) is 21.9 Å². The summed E-state index contributed by atoms with van der Waals surface area (Å²) in [7, 11) is 0. The number of nitrogens with one attached hydrogen (secondary N) is 1. The fraction of sp³-hybridized carbons (Fsp3) is 0.261. The minimum absolute atomic E-state index is 0.631. The van der Waals surface area contributed by atoms with Gasteiger partial charge in [-0.25, -0.2) is 9.97 Å². The number of fused-ring (bicyclic) bond motifs is 2. The first-order valence-corrected chi connectivity index (χ1v) is 11.0. The second-order valence-electron chi connectivity index (χ2n) is 7.82. The molecular formula is C23H22BrN5O2. The molecule has 2 N–H and O–H groups in total. The summed E-state index contributed by atoms with van der Waals surface area (Å²) < 4.78 is 0.931. The van der Waals surface area contributed by atoms with Crippen LogP contribution in [0.3, 0.4) is 0 Å². The highest BCUT2D eigenvalue weighted by atomic mass is 79.9. The lowest BCUT2D eigenvalue weighted by Gasteiger charge is -2.38. The van der Waals surface area contributed by atoms with E-state index in [2.05, 4.69) is 25.8 Å². The number of anilines is 1.